The van der Waals surface area contributed by atoms with E-state index >= 15 is 0 Å². The Hall–Kier alpha value is -1.71. The maximum atomic E-state index is 10.4. The molecule has 0 bridgehead atoms. The zero-order valence-corrected chi connectivity index (χ0v) is 6.56. The number of azo groups is 1. The molecule has 0 aliphatic heterocycles. The highest BCUT2D eigenvalue weighted by Crippen LogP contribution is 2.12. The van der Waals surface area contributed by atoms with E-state index in [9.17, 15) is 4.79 Å². The summed E-state index contributed by atoms with van der Waals surface area (Å²) in [5.41, 5.74) is 0.910. The molecule has 0 aromatic heterocycles. The van der Waals surface area contributed by atoms with Gasteiger partial charge in [-0.25, -0.2) is 4.79 Å². The Labute approximate surface area is 69.6 Å². The van der Waals surface area contributed by atoms with Gasteiger partial charge in [-0.05, 0) is 24.3 Å². The lowest BCUT2D eigenvalue weighted by atomic mass is 10.2. The molecule has 4 heteroatoms. The first-order valence-electron chi connectivity index (χ1n) is 3.37. The van der Waals surface area contributed by atoms with Crippen molar-refractivity contribution in [2.75, 3.05) is 7.05 Å². The second-order valence-corrected chi connectivity index (χ2v) is 2.15. The van der Waals surface area contributed by atoms with Crippen molar-refractivity contribution < 1.29 is 9.90 Å². The van der Waals surface area contributed by atoms with Crippen molar-refractivity contribution in [3.8, 4) is 0 Å². The minimum Gasteiger partial charge on any atom is -0.478 e. The van der Waals surface area contributed by atoms with Gasteiger partial charge in [0, 0.05) is 7.05 Å². The van der Waals surface area contributed by atoms with Crippen LogP contribution in [0, 0.1) is 0 Å². The van der Waals surface area contributed by atoms with Crippen molar-refractivity contribution >= 4 is 11.7 Å². The van der Waals surface area contributed by atoms with E-state index < -0.39 is 5.97 Å². The SMILES string of the molecule is CN=Nc1ccc(C(=O)O)cc1. The molecule has 62 valence electrons. The molecule has 0 fully saturated rings. The van der Waals surface area contributed by atoms with Gasteiger partial charge in [0.25, 0.3) is 0 Å². The average molecular weight is 164 g/mol. The summed E-state index contributed by atoms with van der Waals surface area (Å²) in [6, 6.07) is 6.20. The summed E-state index contributed by atoms with van der Waals surface area (Å²) >= 11 is 0. The number of benzene rings is 1. The normalized spacial score (nSPS) is 10.4. The molecule has 0 heterocycles. The number of aromatic carboxylic acids is 1. The van der Waals surface area contributed by atoms with Crippen LogP contribution in [0.25, 0.3) is 0 Å². The molecule has 0 saturated heterocycles. The standard InChI is InChI=1S/C8H8N2O2/c1-9-10-7-4-2-6(3-5-7)8(11)12/h2-5H,1H3,(H,11,12). The number of hydrogen-bond acceptors (Lipinski definition) is 3. The fraction of sp³-hybridized carbons (Fsp3) is 0.125. The lowest BCUT2D eigenvalue weighted by molar-refractivity contribution is 0.0697. The van der Waals surface area contributed by atoms with Crippen LogP contribution in [-0.4, -0.2) is 18.1 Å². The largest absolute Gasteiger partial charge is 0.478 e. The Kier molecular flexibility index (Phi) is 2.53. The molecule has 0 unspecified atom stereocenters. The Morgan fingerprint density at radius 2 is 1.92 bits per heavy atom. The van der Waals surface area contributed by atoms with Crippen molar-refractivity contribution in [2.24, 2.45) is 10.2 Å². The zero-order chi connectivity index (χ0) is 8.97. The molecule has 1 N–H and O–H groups in total. The third-order valence-electron chi connectivity index (χ3n) is 1.33. The molecule has 1 rings (SSSR count). The molecular weight excluding hydrogens is 156 g/mol. The molecular formula is C8H8N2O2. The van der Waals surface area contributed by atoms with Gasteiger partial charge in [-0.1, -0.05) is 0 Å². The maximum absolute atomic E-state index is 10.4. The zero-order valence-electron chi connectivity index (χ0n) is 6.56. The van der Waals surface area contributed by atoms with Gasteiger partial charge in [0.2, 0.25) is 0 Å². The number of carboxylic acids is 1. The van der Waals surface area contributed by atoms with E-state index in [1.54, 1.807) is 19.2 Å². The van der Waals surface area contributed by atoms with Crippen molar-refractivity contribution in [2.45, 2.75) is 0 Å². The third kappa shape index (κ3) is 1.88. The number of hydrogen-bond donors (Lipinski definition) is 1. The number of rotatable bonds is 2. The van der Waals surface area contributed by atoms with Crippen LogP contribution in [0.4, 0.5) is 5.69 Å². The molecule has 0 aliphatic rings. The van der Waals surface area contributed by atoms with Crippen LogP contribution >= 0.6 is 0 Å². The highest BCUT2D eigenvalue weighted by molar-refractivity contribution is 5.87. The topological polar surface area (TPSA) is 62.0 Å². The highest BCUT2D eigenvalue weighted by atomic mass is 16.4. The summed E-state index contributed by atoms with van der Waals surface area (Å²) in [7, 11) is 1.56. The number of carboxylic acid groups (broad SMARTS) is 1. The summed E-state index contributed by atoms with van der Waals surface area (Å²) in [4.78, 5) is 10.4. The van der Waals surface area contributed by atoms with Crippen LogP contribution in [0.3, 0.4) is 0 Å². The minimum atomic E-state index is -0.935. The Balaban J connectivity index is 2.93. The number of carbonyl (C=O) groups is 1. The predicted molar refractivity (Wildman–Crippen MR) is 43.8 cm³/mol. The fourth-order valence-corrected chi connectivity index (χ4v) is 0.786. The highest BCUT2D eigenvalue weighted by Gasteiger charge is 2.00. The summed E-state index contributed by atoms with van der Waals surface area (Å²) < 4.78 is 0. The van der Waals surface area contributed by atoms with E-state index in [-0.39, 0.29) is 5.56 Å². The van der Waals surface area contributed by atoms with E-state index in [1.165, 1.54) is 12.1 Å². The second kappa shape index (κ2) is 3.61. The van der Waals surface area contributed by atoms with E-state index in [0.29, 0.717) is 5.69 Å². The van der Waals surface area contributed by atoms with Gasteiger partial charge in [0.15, 0.2) is 0 Å². The van der Waals surface area contributed by atoms with E-state index in [2.05, 4.69) is 10.2 Å². The van der Waals surface area contributed by atoms with Crippen molar-refractivity contribution in [1.29, 1.82) is 0 Å². The van der Waals surface area contributed by atoms with Crippen molar-refractivity contribution in [3.63, 3.8) is 0 Å². The molecule has 12 heavy (non-hydrogen) atoms. The third-order valence-corrected chi connectivity index (χ3v) is 1.33. The van der Waals surface area contributed by atoms with E-state index in [4.69, 9.17) is 5.11 Å². The van der Waals surface area contributed by atoms with Gasteiger partial charge in [-0.2, -0.15) is 10.2 Å². The maximum Gasteiger partial charge on any atom is 0.335 e. The molecule has 0 aliphatic carbocycles. The summed E-state index contributed by atoms with van der Waals surface area (Å²) in [6.45, 7) is 0. The van der Waals surface area contributed by atoms with Gasteiger partial charge in [-0.15, -0.1) is 0 Å². The first-order chi connectivity index (χ1) is 5.74. The molecule has 1 aromatic carbocycles. The van der Waals surface area contributed by atoms with Gasteiger partial charge < -0.3 is 5.11 Å². The van der Waals surface area contributed by atoms with E-state index in [0.717, 1.165) is 0 Å². The smallest absolute Gasteiger partial charge is 0.335 e. The first-order valence-corrected chi connectivity index (χ1v) is 3.37. The Bertz CT molecular complexity index is 303. The fourth-order valence-electron chi connectivity index (χ4n) is 0.786. The Morgan fingerprint density at radius 3 is 2.33 bits per heavy atom. The van der Waals surface area contributed by atoms with Crippen LogP contribution in [0.5, 0.6) is 0 Å². The molecule has 0 spiro atoms. The van der Waals surface area contributed by atoms with Crippen LogP contribution in [0.2, 0.25) is 0 Å². The predicted octanol–water partition coefficient (Wildman–Crippen LogP) is 2.10. The van der Waals surface area contributed by atoms with Crippen LogP contribution in [0.15, 0.2) is 34.5 Å². The summed E-state index contributed by atoms with van der Waals surface area (Å²) in [5, 5.41) is 15.8. The average Bonchev–Trinajstić information content (AvgIpc) is 2.06. The van der Waals surface area contributed by atoms with Crippen LogP contribution in [0.1, 0.15) is 10.4 Å². The molecule has 1 aromatic rings. The summed E-state index contributed by atoms with van der Waals surface area (Å²) in [6.07, 6.45) is 0. The first kappa shape index (κ1) is 8.39. The van der Waals surface area contributed by atoms with Gasteiger partial charge >= 0.3 is 5.97 Å². The molecule has 4 nitrogen and oxygen atoms in total. The van der Waals surface area contributed by atoms with E-state index in [1.807, 2.05) is 0 Å². The molecule has 0 saturated carbocycles. The lowest BCUT2D eigenvalue weighted by Crippen LogP contribution is -1.93. The van der Waals surface area contributed by atoms with Crippen LogP contribution < -0.4 is 0 Å². The van der Waals surface area contributed by atoms with Gasteiger partial charge in [0.1, 0.15) is 0 Å². The summed E-state index contributed by atoms with van der Waals surface area (Å²) in [5.74, 6) is -0.935. The monoisotopic (exact) mass is 164 g/mol. The number of nitrogens with zero attached hydrogens (tertiary/aromatic N) is 2. The Morgan fingerprint density at radius 1 is 1.33 bits per heavy atom. The molecule has 0 radical (unpaired) electrons. The second-order valence-electron chi connectivity index (χ2n) is 2.15. The van der Waals surface area contributed by atoms with Crippen molar-refractivity contribution in [1.82, 2.24) is 0 Å². The minimum absolute atomic E-state index is 0.255. The van der Waals surface area contributed by atoms with Gasteiger partial charge in [-0.3, -0.25) is 0 Å². The molecule has 0 amide bonds. The van der Waals surface area contributed by atoms with Crippen LogP contribution in [-0.2, 0) is 0 Å². The lowest BCUT2D eigenvalue weighted by Gasteiger charge is -1.93. The quantitative estimate of drug-likeness (QED) is 0.680. The van der Waals surface area contributed by atoms with Gasteiger partial charge in [0.05, 0.1) is 11.3 Å². The van der Waals surface area contributed by atoms with Crippen molar-refractivity contribution in [3.05, 3.63) is 29.8 Å². The molecule has 0 atom stereocenters.